The summed E-state index contributed by atoms with van der Waals surface area (Å²) in [4.78, 5) is 0. The maximum Gasteiger partial charge on any atom is 0.138 e. The van der Waals surface area contributed by atoms with Crippen LogP contribution in [-0.4, -0.2) is 6.61 Å². The van der Waals surface area contributed by atoms with Crippen LogP contribution in [0, 0.1) is 3.57 Å². The van der Waals surface area contributed by atoms with E-state index in [1.807, 2.05) is 24.4 Å². The summed E-state index contributed by atoms with van der Waals surface area (Å²) in [6, 6.07) is 3.94. The molecule has 1 aromatic heterocycles. The number of benzene rings is 1. The fourth-order valence-electron chi connectivity index (χ4n) is 1.31. The van der Waals surface area contributed by atoms with Crippen molar-refractivity contribution < 1.29 is 4.74 Å². The van der Waals surface area contributed by atoms with E-state index in [-0.39, 0.29) is 0 Å². The van der Waals surface area contributed by atoms with Crippen LogP contribution in [0.3, 0.4) is 0 Å². The molecular weight excluding hydrogens is 331 g/mol. The Kier molecular flexibility index (Phi) is 3.19. The summed E-state index contributed by atoms with van der Waals surface area (Å²) in [5.41, 5.74) is 0. The number of hydrogen-bond donors (Lipinski definition) is 0. The summed E-state index contributed by atoms with van der Waals surface area (Å²) in [7, 11) is 0. The molecule has 0 aliphatic rings. The van der Waals surface area contributed by atoms with E-state index >= 15 is 0 Å². The predicted molar refractivity (Wildman–Crippen MR) is 70.7 cm³/mol. The molecule has 0 unspecified atom stereocenters. The molecule has 2 rings (SSSR count). The van der Waals surface area contributed by atoms with Crippen molar-refractivity contribution in [3.05, 3.63) is 26.1 Å². The Balaban J connectivity index is 2.70. The molecule has 0 radical (unpaired) electrons. The van der Waals surface area contributed by atoms with Crippen molar-refractivity contribution in [2.24, 2.45) is 0 Å². The van der Waals surface area contributed by atoms with E-state index in [0.29, 0.717) is 6.61 Å². The van der Waals surface area contributed by atoms with Crippen molar-refractivity contribution in [3.63, 3.8) is 0 Å². The van der Waals surface area contributed by atoms with Gasteiger partial charge in [-0.2, -0.15) is 0 Å². The number of rotatable bonds is 2. The second kappa shape index (κ2) is 4.24. The SMILES string of the molecule is CCOc1csc2c(Cl)ccc(I)c12. The second-order valence-corrected chi connectivity index (χ2v) is 5.22. The zero-order valence-corrected chi connectivity index (χ0v) is 11.2. The summed E-state index contributed by atoms with van der Waals surface area (Å²) in [6.45, 7) is 2.68. The van der Waals surface area contributed by atoms with Crippen molar-refractivity contribution in [1.82, 2.24) is 0 Å². The Morgan fingerprint density at radius 2 is 2.29 bits per heavy atom. The monoisotopic (exact) mass is 338 g/mol. The lowest BCUT2D eigenvalue weighted by molar-refractivity contribution is 0.345. The van der Waals surface area contributed by atoms with Gasteiger partial charge in [-0.1, -0.05) is 11.6 Å². The van der Waals surface area contributed by atoms with Crippen molar-refractivity contribution in [2.75, 3.05) is 6.61 Å². The largest absolute Gasteiger partial charge is 0.492 e. The van der Waals surface area contributed by atoms with Crippen molar-refractivity contribution in [3.8, 4) is 5.75 Å². The molecule has 1 heterocycles. The van der Waals surface area contributed by atoms with E-state index in [1.54, 1.807) is 11.3 Å². The smallest absolute Gasteiger partial charge is 0.138 e. The molecule has 0 bridgehead atoms. The Hall–Kier alpha value is -0.000000000000000111. The lowest BCUT2D eigenvalue weighted by Gasteiger charge is -2.02. The Morgan fingerprint density at radius 1 is 1.50 bits per heavy atom. The summed E-state index contributed by atoms with van der Waals surface area (Å²) in [6.07, 6.45) is 0. The first-order valence-electron chi connectivity index (χ1n) is 4.22. The molecule has 0 amide bonds. The van der Waals surface area contributed by atoms with Crippen LogP contribution in [0.15, 0.2) is 17.5 Å². The highest BCUT2D eigenvalue weighted by molar-refractivity contribution is 14.1. The van der Waals surface area contributed by atoms with Gasteiger partial charge in [-0.15, -0.1) is 11.3 Å². The normalized spacial score (nSPS) is 10.8. The molecule has 2 aromatic rings. The van der Waals surface area contributed by atoms with Gasteiger partial charge in [-0.05, 0) is 41.6 Å². The Bertz CT molecular complexity index is 466. The van der Waals surface area contributed by atoms with E-state index in [2.05, 4.69) is 22.6 Å². The van der Waals surface area contributed by atoms with Gasteiger partial charge in [0.05, 0.1) is 16.3 Å². The first-order valence-corrected chi connectivity index (χ1v) is 6.55. The van der Waals surface area contributed by atoms with Crippen LogP contribution in [0.25, 0.3) is 10.1 Å². The van der Waals surface area contributed by atoms with Gasteiger partial charge in [0.15, 0.2) is 0 Å². The summed E-state index contributed by atoms with van der Waals surface area (Å²) >= 11 is 10.0. The van der Waals surface area contributed by atoms with Gasteiger partial charge in [0, 0.05) is 14.3 Å². The summed E-state index contributed by atoms with van der Waals surface area (Å²) in [5.74, 6) is 0.944. The van der Waals surface area contributed by atoms with E-state index < -0.39 is 0 Å². The molecule has 0 N–H and O–H groups in total. The number of halogens is 2. The van der Waals surface area contributed by atoms with Gasteiger partial charge < -0.3 is 4.74 Å². The van der Waals surface area contributed by atoms with Crippen LogP contribution in [0.2, 0.25) is 5.02 Å². The molecule has 4 heteroatoms. The van der Waals surface area contributed by atoms with Gasteiger partial charge in [0.2, 0.25) is 0 Å². The molecule has 0 fully saturated rings. The molecule has 1 nitrogen and oxygen atoms in total. The molecule has 0 atom stereocenters. The standard InChI is InChI=1S/C10H8ClIOS/c1-2-13-8-5-14-10-6(11)3-4-7(12)9(8)10/h3-5H,2H2,1H3. The fraction of sp³-hybridized carbons (Fsp3) is 0.200. The summed E-state index contributed by atoms with van der Waals surface area (Å²) in [5, 5.41) is 3.96. The molecule has 0 saturated carbocycles. The molecule has 0 saturated heterocycles. The molecular formula is C10H8ClIOS. The highest BCUT2D eigenvalue weighted by Crippen LogP contribution is 2.39. The van der Waals surface area contributed by atoms with E-state index in [4.69, 9.17) is 16.3 Å². The lowest BCUT2D eigenvalue weighted by Crippen LogP contribution is -1.90. The number of ether oxygens (including phenoxy) is 1. The van der Waals surface area contributed by atoms with Crippen molar-refractivity contribution in [1.29, 1.82) is 0 Å². The Labute approximate surface area is 105 Å². The average molecular weight is 339 g/mol. The van der Waals surface area contributed by atoms with Crippen LogP contribution in [0.4, 0.5) is 0 Å². The van der Waals surface area contributed by atoms with Crippen LogP contribution in [-0.2, 0) is 0 Å². The first kappa shape index (κ1) is 10.5. The van der Waals surface area contributed by atoms with Gasteiger partial charge in [0.1, 0.15) is 5.75 Å². The van der Waals surface area contributed by atoms with Crippen LogP contribution >= 0.6 is 45.5 Å². The number of thiophene rings is 1. The minimum absolute atomic E-state index is 0.689. The maximum atomic E-state index is 6.09. The van der Waals surface area contributed by atoms with Crippen molar-refractivity contribution >= 4 is 55.6 Å². The Morgan fingerprint density at radius 3 is 3.00 bits per heavy atom. The lowest BCUT2D eigenvalue weighted by atomic mass is 10.2. The maximum absolute atomic E-state index is 6.09. The van der Waals surface area contributed by atoms with Gasteiger partial charge in [-0.25, -0.2) is 0 Å². The highest BCUT2D eigenvalue weighted by Gasteiger charge is 2.10. The van der Waals surface area contributed by atoms with Crippen LogP contribution in [0.5, 0.6) is 5.75 Å². The van der Waals surface area contributed by atoms with Gasteiger partial charge >= 0.3 is 0 Å². The van der Waals surface area contributed by atoms with Crippen molar-refractivity contribution in [2.45, 2.75) is 6.92 Å². The quantitative estimate of drug-likeness (QED) is 0.730. The van der Waals surface area contributed by atoms with Crippen LogP contribution in [0.1, 0.15) is 6.92 Å². The van der Waals surface area contributed by atoms with E-state index in [1.165, 1.54) is 3.57 Å². The molecule has 74 valence electrons. The number of hydrogen-bond acceptors (Lipinski definition) is 2. The summed E-state index contributed by atoms with van der Waals surface area (Å²) < 4.78 is 7.84. The number of fused-ring (bicyclic) bond motifs is 1. The highest BCUT2D eigenvalue weighted by atomic mass is 127. The molecule has 0 aliphatic heterocycles. The van der Waals surface area contributed by atoms with Gasteiger partial charge in [0.25, 0.3) is 0 Å². The third-order valence-corrected chi connectivity index (χ3v) is 4.21. The molecule has 0 spiro atoms. The topological polar surface area (TPSA) is 9.23 Å². The molecule has 1 aromatic carbocycles. The minimum Gasteiger partial charge on any atom is -0.492 e. The predicted octanol–water partition coefficient (Wildman–Crippen LogP) is 4.56. The third kappa shape index (κ3) is 1.73. The molecule has 0 aliphatic carbocycles. The average Bonchev–Trinajstić information content (AvgIpc) is 2.58. The minimum atomic E-state index is 0.689. The third-order valence-electron chi connectivity index (χ3n) is 1.89. The molecule has 14 heavy (non-hydrogen) atoms. The first-order chi connectivity index (χ1) is 6.74. The van der Waals surface area contributed by atoms with E-state index in [0.717, 1.165) is 20.9 Å². The van der Waals surface area contributed by atoms with Crippen LogP contribution < -0.4 is 4.74 Å². The zero-order chi connectivity index (χ0) is 10.1. The van der Waals surface area contributed by atoms with E-state index in [9.17, 15) is 0 Å². The second-order valence-electron chi connectivity index (χ2n) is 2.77. The zero-order valence-electron chi connectivity index (χ0n) is 7.51. The fourth-order valence-corrected chi connectivity index (χ4v) is 3.42. The van der Waals surface area contributed by atoms with Gasteiger partial charge in [-0.3, -0.25) is 0 Å².